The number of hydrogen-bond acceptors (Lipinski definition) is 7. The van der Waals surface area contributed by atoms with Gasteiger partial charge in [0.05, 0.1) is 22.9 Å². The second kappa shape index (κ2) is 15.9. The Hall–Kier alpha value is -4.45. The fourth-order valence-electron chi connectivity index (χ4n) is 4.98. The zero-order valence-electron chi connectivity index (χ0n) is 25.4. The summed E-state index contributed by atoms with van der Waals surface area (Å²) in [7, 11) is 0. The van der Waals surface area contributed by atoms with Gasteiger partial charge in [0.1, 0.15) is 16.5 Å². The van der Waals surface area contributed by atoms with E-state index in [-0.39, 0.29) is 34.6 Å². The van der Waals surface area contributed by atoms with Gasteiger partial charge in [-0.3, -0.25) is 14.4 Å². The Morgan fingerprint density at radius 2 is 1.74 bits per heavy atom. The highest BCUT2D eigenvalue weighted by Crippen LogP contribution is 2.39. The average molecular weight is 692 g/mol. The zero-order valence-corrected chi connectivity index (χ0v) is 27.8. The number of hydrogen-bond donors (Lipinski definition) is 3. The SMILES string of the molecule is CCOC(=O)c1c(NC(=O)CSc2cccc(NC(=O)/C(=C\c3c(F)cccc3Cl)NC(=O)c3ccccc3)c2)sc2c1CCCC2. The van der Waals surface area contributed by atoms with Crippen LogP contribution in [0.4, 0.5) is 15.1 Å². The lowest BCUT2D eigenvalue weighted by atomic mass is 9.95. The van der Waals surface area contributed by atoms with E-state index in [1.54, 1.807) is 61.5 Å². The first kappa shape index (κ1) is 33.9. The van der Waals surface area contributed by atoms with Crippen molar-refractivity contribution in [1.82, 2.24) is 5.32 Å². The molecule has 0 atom stereocenters. The summed E-state index contributed by atoms with van der Waals surface area (Å²) in [5.74, 6) is -2.60. The van der Waals surface area contributed by atoms with Crippen LogP contribution in [0.5, 0.6) is 0 Å². The molecule has 0 spiro atoms. The molecule has 3 N–H and O–H groups in total. The van der Waals surface area contributed by atoms with Crippen molar-refractivity contribution in [1.29, 1.82) is 0 Å². The van der Waals surface area contributed by atoms with Gasteiger partial charge in [-0.15, -0.1) is 23.1 Å². The summed E-state index contributed by atoms with van der Waals surface area (Å²) in [5.41, 5.74) is 1.83. The molecule has 242 valence electrons. The number of amides is 3. The topological polar surface area (TPSA) is 114 Å². The largest absolute Gasteiger partial charge is 0.462 e. The van der Waals surface area contributed by atoms with Crippen molar-refractivity contribution >= 4 is 75.2 Å². The van der Waals surface area contributed by atoms with Crippen LogP contribution >= 0.6 is 34.7 Å². The number of aryl methyl sites for hydroxylation is 1. The van der Waals surface area contributed by atoms with Gasteiger partial charge in [0.2, 0.25) is 5.91 Å². The molecule has 1 aliphatic rings. The number of rotatable bonds is 11. The van der Waals surface area contributed by atoms with E-state index in [0.29, 0.717) is 26.7 Å². The molecule has 3 amide bonds. The Morgan fingerprint density at radius 1 is 0.979 bits per heavy atom. The summed E-state index contributed by atoms with van der Waals surface area (Å²) >= 11 is 8.87. The molecule has 8 nitrogen and oxygen atoms in total. The number of thiophene rings is 1. The Labute approximate surface area is 284 Å². The number of benzene rings is 3. The first-order valence-corrected chi connectivity index (χ1v) is 17.1. The van der Waals surface area contributed by atoms with Crippen molar-refractivity contribution in [2.75, 3.05) is 23.0 Å². The Kier molecular flexibility index (Phi) is 11.5. The molecule has 0 radical (unpaired) electrons. The van der Waals surface area contributed by atoms with Crippen LogP contribution in [0.1, 0.15) is 56.5 Å². The van der Waals surface area contributed by atoms with Gasteiger partial charge in [-0.05, 0) is 86.7 Å². The number of ether oxygens (including phenoxy) is 1. The molecule has 3 aromatic carbocycles. The molecule has 1 aromatic heterocycles. The molecule has 0 fully saturated rings. The molecule has 4 aromatic rings. The highest BCUT2D eigenvalue weighted by Gasteiger charge is 2.27. The molecule has 0 saturated carbocycles. The summed E-state index contributed by atoms with van der Waals surface area (Å²) in [5, 5.41) is 8.78. The molecule has 1 aliphatic carbocycles. The summed E-state index contributed by atoms with van der Waals surface area (Å²) in [6, 6.07) is 19.2. The van der Waals surface area contributed by atoms with Crippen molar-refractivity contribution in [3.8, 4) is 0 Å². The molecule has 5 rings (SSSR count). The fraction of sp³-hybridized carbons (Fsp3) is 0.200. The lowest BCUT2D eigenvalue weighted by Crippen LogP contribution is -2.30. The Morgan fingerprint density at radius 3 is 2.51 bits per heavy atom. The van der Waals surface area contributed by atoms with Crippen molar-refractivity contribution in [2.24, 2.45) is 0 Å². The number of thioether (sulfide) groups is 1. The molecule has 47 heavy (non-hydrogen) atoms. The quantitative estimate of drug-likeness (QED) is 0.0843. The number of anilines is 2. The number of nitrogens with one attached hydrogen (secondary N) is 3. The van der Waals surface area contributed by atoms with Gasteiger partial charge in [-0.25, -0.2) is 9.18 Å². The maximum atomic E-state index is 14.6. The van der Waals surface area contributed by atoms with Crippen LogP contribution in [0, 0.1) is 5.82 Å². The molecule has 0 aliphatic heterocycles. The predicted molar refractivity (Wildman–Crippen MR) is 185 cm³/mol. The van der Waals surface area contributed by atoms with Gasteiger partial charge in [-0.2, -0.15) is 0 Å². The third-order valence-electron chi connectivity index (χ3n) is 7.18. The van der Waals surface area contributed by atoms with E-state index in [0.717, 1.165) is 36.1 Å². The highest BCUT2D eigenvalue weighted by atomic mass is 35.5. The van der Waals surface area contributed by atoms with Crippen molar-refractivity contribution in [3.63, 3.8) is 0 Å². The standard InChI is InChI=1S/C35H31ClFN3O5S2/c1-2-45-35(44)31-24-14-6-7-17-29(24)47-34(31)40-30(41)20-46-23-13-8-12-22(18-23)38-33(43)28(19-25-26(36)15-9-16-27(25)37)39-32(42)21-10-4-3-5-11-21/h3-5,8-13,15-16,18-19H,2,6-7,14,17,20H2,1H3,(H,38,43)(H,39,42)(H,40,41)/b28-19+. The van der Waals surface area contributed by atoms with E-state index in [1.807, 2.05) is 0 Å². The second-order valence-electron chi connectivity index (χ2n) is 10.5. The molecule has 0 unspecified atom stereocenters. The first-order chi connectivity index (χ1) is 22.7. The molecule has 12 heteroatoms. The number of halogens is 2. The highest BCUT2D eigenvalue weighted by molar-refractivity contribution is 8.00. The van der Waals surface area contributed by atoms with Crippen LogP contribution in [0.2, 0.25) is 5.02 Å². The average Bonchev–Trinajstić information content (AvgIpc) is 3.43. The lowest BCUT2D eigenvalue weighted by molar-refractivity contribution is -0.114. The third-order valence-corrected chi connectivity index (χ3v) is 9.71. The molecular formula is C35H31ClFN3O5S2. The molecule has 0 saturated heterocycles. The summed E-state index contributed by atoms with van der Waals surface area (Å²) < 4.78 is 19.9. The van der Waals surface area contributed by atoms with Gasteiger partial charge in [0, 0.05) is 26.6 Å². The van der Waals surface area contributed by atoms with Gasteiger partial charge >= 0.3 is 5.97 Å². The smallest absolute Gasteiger partial charge is 0.341 e. The van der Waals surface area contributed by atoms with E-state index in [2.05, 4.69) is 16.0 Å². The van der Waals surface area contributed by atoms with Gasteiger partial charge in [0.25, 0.3) is 11.8 Å². The molecular weight excluding hydrogens is 661 g/mol. The predicted octanol–water partition coefficient (Wildman–Crippen LogP) is 7.74. The van der Waals surface area contributed by atoms with E-state index >= 15 is 0 Å². The van der Waals surface area contributed by atoms with Crippen LogP contribution in [0.3, 0.4) is 0 Å². The monoisotopic (exact) mass is 691 g/mol. The van der Waals surface area contributed by atoms with E-state index < -0.39 is 23.6 Å². The maximum absolute atomic E-state index is 14.6. The lowest BCUT2D eigenvalue weighted by Gasteiger charge is -2.13. The van der Waals surface area contributed by atoms with Crippen LogP contribution in [-0.4, -0.2) is 36.1 Å². The van der Waals surface area contributed by atoms with Gasteiger partial charge < -0.3 is 20.7 Å². The minimum Gasteiger partial charge on any atom is -0.462 e. The van der Waals surface area contributed by atoms with Crippen molar-refractivity contribution in [3.05, 3.63) is 116 Å². The van der Waals surface area contributed by atoms with Gasteiger partial charge in [0.15, 0.2) is 0 Å². The van der Waals surface area contributed by atoms with Crippen LogP contribution in [0.15, 0.2) is 83.4 Å². The molecule has 1 heterocycles. The van der Waals surface area contributed by atoms with E-state index in [9.17, 15) is 23.6 Å². The fourth-order valence-corrected chi connectivity index (χ4v) is 7.25. The van der Waals surface area contributed by atoms with E-state index in [4.69, 9.17) is 16.3 Å². The van der Waals surface area contributed by atoms with Crippen molar-refractivity contribution in [2.45, 2.75) is 37.5 Å². The van der Waals surface area contributed by atoms with Gasteiger partial charge in [-0.1, -0.05) is 41.9 Å². The summed E-state index contributed by atoms with van der Waals surface area (Å²) in [6.45, 7) is 1.99. The Bertz CT molecular complexity index is 1820. The Balaban J connectivity index is 1.28. The summed E-state index contributed by atoms with van der Waals surface area (Å²) in [6.07, 6.45) is 4.86. The van der Waals surface area contributed by atoms with Crippen LogP contribution in [-0.2, 0) is 27.2 Å². The third kappa shape index (κ3) is 8.68. The maximum Gasteiger partial charge on any atom is 0.341 e. The number of esters is 1. The molecule has 0 bridgehead atoms. The van der Waals surface area contributed by atoms with E-state index in [1.165, 1.54) is 47.4 Å². The number of fused-ring (bicyclic) bond motifs is 1. The first-order valence-electron chi connectivity index (χ1n) is 14.9. The number of carbonyl (C=O) groups is 4. The minimum atomic E-state index is -0.707. The van der Waals surface area contributed by atoms with Crippen LogP contribution < -0.4 is 16.0 Å². The normalized spacial score (nSPS) is 12.5. The second-order valence-corrected chi connectivity index (χ2v) is 13.0. The van der Waals surface area contributed by atoms with Crippen LogP contribution in [0.25, 0.3) is 6.08 Å². The zero-order chi connectivity index (χ0) is 33.3. The summed E-state index contributed by atoms with van der Waals surface area (Å²) in [4.78, 5) is 53.9. The minimum absolute atomic E-state index is 0.0479. The number of carbonyl (C=O) groups excluding carboxylic acids is 4. The van der Waals surface area contributed by atoms with Crippen molar-refractivity contribution < 1.29 is 28.3 Å².